The highest BCUT2D eigenvalue weighted by atomic mass is 16.3. The van der Waals surface area contributed by atoms with E-state index in [4.69, 9.17) is 0 Å². The Bertz CT molecular complexity index is 719. The van der Waals surface area contributed by atoms with Crippen LogP contribution in [0.3, 0.4) is 0 Å². The molecule has 142 valence electrons. The number of benzene rings is 1. The van der Waals surface area contributed by atoms with Crippen molar-refractivity contribution >= 4 is 10.9 Å². The molecule has 4 rings (SSSR count). The number of likely N-dealkylation sites (tertiary alicyclic amines) is 1. The zero-order valence-corrected chi connectivity index (χ0v) is 16.4. The van der Waals surface area contributed by atoms with E-state index in [9.17, 15) is 5.11 Å². The predicted octanol–water partition coefficient (Wildman–Crippen LogP) is 4.99. The van der Waals surface area contributed by atoms with Gasteiger partial charge in [0, 0.05) is 36.4 Å². The van der Waals surface area contributed by atoms with Gasteiger partial charge >= 0.3 is 0 Å². The second kappa shape index (κ2) is 7.74. The molecule has 1 N–H and O–H groups in total. The Morgan fingerprint density at radius 3 is 2.31 bits per heavy atom. The van der Waals surface area contributed by atoms with E-state index in [1.54, 1.807) is 0 Å². The van der Waals surface area contributed by atoms with Gasteiger partial charge in [0.05, 0.1) is 6.61 Å². The first-order valence-electron chi connectivity index (χ1n) is 10.6. The first-order chi connectivity index (χ1) is 12.7. The van der Waals surface area contributed by atoms with E-state index in [-0.39, 0.29) is 6.61 Å². The monoisotopic (exact) mass is 354 g/mol. The van der Waals surface area contributed by atoms with Crippen LogP contribution in [0, 0.1) is 11.8 Å². The Morgan fingerprint density at radius 2 is 1.65 bits per heavy atom. The molecule has 0 radical (unpaired) electrons. The molecule has 0 atom stereocenters. The van der Waals surface area contributed by atoms with Crippen molar-refractivity contribution in [1.82, 2.24) is 9.47 Å². The number of fused-ring (bicyclic) bond motifs is 1. The second-order valence-corrected chi connectivity index (χ2v) is 8.80. The lowest BCUT2D eigenvalue weighted by Crippen LogP contribution is -2.44. The highest BCUT2D eigenvalue weighted by molar-refractivity contribution is 5.81. The summed E-state index contributed by atoms with van der Waals surface area (Å²) in [5, 5.41) is 11.1. The summed E-state index contributed by atoms with van der Waals surface area (Å²) in [5.41, 5.74) is 2.36. The van der Waals surface area contributed by atoms with E-state index in [1.165, 1.54) is 62.5 Å². The number of aromatic nitrogens is 1. The van der Waals surface area contributed by atoms with Crippen LogP contribution in [0.15, 0.2) is 30.3 Å². The van der Waals surface area contributed by atoms with Crippen molar-refractivity contribution in [2.75, 3.05) is 13.1 Å². The number of para-hydroxylation sites is 1. The molecule has 2 fully saturated rings. The van der Waals surface area contributed by atoms with Crippen molar-refractivity contribution in [2.24, 2.45) is 11.8 Å². The van der Waals surface area contributed by atoms with Crippen LogP contribution in [0.1, 0.15) is 64.1 Å². The van der Waals surface area contributed by atoms with E-state index in [0.29, 0.717) is 6.04 Å². The third-order valence-electron chi connectivity index (χ3n) is 7.05. The average molecular weight is 355 g/mol. The van der Waals surface area contributed by atoms with Gasteiger partial charge in [0.25, 0.3) is 0 Å². The summed E-state index contributed by atoms with van der Waals surface area (Å²) < 4.78 is 2.42. The zero-order chi connectivity index (χ0) is 18.1. The summed E-state index contributed by atoms with van der Waals surface area (Å²) in [5.74, 6) is 1.79. The summed E-state index contributed by atoms with van der Waals surface area (Å²) in [6.45, 7) is 7.32. The maximum absolute atomic E-state index is 9.84. The van der Waals surface area contributed by atoms with Gasteiger partial charge in [-0.3, -0.25) is 0 Å². The van der Waals surface area contributed by atoms with E-state index in [0.717, 1.165) is 23.6 Å². The molecule has 26 heavy (non-hydrogen) atoms. The number of piperidine rings is 1. The Balaban J connectivity index is 1.42. The largest absolute Gasteiger partial charge is 0.390 e. The van der Waals surface area contributed by atoms with Gasteiger partial charge in [0.2, 0.25) is 0 Å². The molecule has 0 amide bonds. The molecule has 3 heteroatoms. The predicted molar refractivity (Wildman–Crippen MR) is 108 cm³/mol. The van der Waals surface area contributed by atoms with Crippen LogP contribution in [-0.2, 0) is 6.61 Å². The van der Waals surface area contributed by atoms with Crippen molar-refractivity contribution in [3.05, 3.63) is 36.0 Å². The van der Waals surface area contributed by atoms with Crippen LogP contribution in [0.25, 0.3) is 10.9 Å². The summed E-state index contributed by atoms with van der Waals surface area (Å²) in [4.78, 5) is 2.76. The maximum atomic E-state index is 9.84. The van der Waals surface area contributed by atoms with Crippen LogP contribution < -0.4 is 0 Å². The molecule has 1 saturated heterocycles. The van der Waals surface area contributed by atoms with Crippen LogP contribution in [0.4, 0.5) is 0 Å². The number of rotatable bonds is 4. The number of aliphatic hydroxyl groups is 1. The number of hydrogen-bond donors (Lipinski definition) is 1. The molecule has 3 nitrogen and oxygen atoms in total. The fraction of sp³-hybridized carbons (Fsp3) is 0.652. The molecule has 0 unspecified atom stereocenters. The molecular weight excluding hydrogens is 320 g/mol. The Kier molecular flexibility index (Phi) is 5.37. The summed E-state index contributed by atoms with van der Waals surface area (Å²) in [6, 6.07) is 12.1. The van der Waals surface area contributed by atoms with E-state index in [2.05, 4.69) is 53.6 Å². The van der Waals surface area contributed by atoms with Gasteiger partial charge in [-0.25, -0.2) is 0 Å². The first-order valence-corrected chi connectivity index (χ1v) is 10.6. The second-order valence-electron chi connectivity index (χ2n) is 8.80. The number of nitrogens with zero attached hydrogens (tertiary/aromatic N) is 2. The first kappa shape index (κ1) is 18.1. The van der Waals surface area contributed by atoms with Gasteiger partial charge in [-0.1, -0.05) is 32.0 Å². The third kappa shape index (κ3) is 3.44. The summed E-state index contributed by atoms with van der Waals surface area (Å²) in [6.07, 6.45) is 8.02. The van der Waals surface area contributed by atoms with Gasteiger partial charge in [0.1, 0.15) is 0 Å². The molecule has 1 aromatic carbocycles. The van der Waals surface area contributed by atoms with E-state index < -0.39 is 0 Å². The standard InChI is InChI=1S/C23H34N2O/c1-17(2)18-7-9-20(10-8-18)24-13-11-21(12-14-24)25-22(16-26)15-19-5-3-4-6-23(19)25/h3-6,15,17-18,20-21,26H,7-14,16H2,1-2H3/t18-,20-. The van der Waals surface area contributed by atoms with Crippen molar-refractivity contribution in [3.63, 3.8) is 0 Å². The normalized spacial score (nSPS) is 26.0. The van der Waals surface area contributed by atoms with E-state index >= 15 is 0 Å². The molecule has 0 spiro atoms. The number of aliphatic hydroxyl groups excluding tert-OH is 1. The van der Waals surface area contributed by atoms with Gasteiger partial charge in [0.15, 0.2) is 0 Å². The lowest BCUT2D eigenvalue weighted by atomic mass is 9.79. The Labute approximate surface area is 158 Å². The minimum atomic E-state index is 0.133. The molecule has 2 heterocycles. The van der Waals surface area contributed by atoms with Crippen molar-refractivity contribution in [1.29, 1.82) is 0 Å². The van der Waals surface area contributed by atoms with Crippen LogP contribution in [-0.4, -0.2) is 33.7 Å². The van der Waals surface area contributed by atoms with Crippen LogP contribution >= 0.6 is 0 Å². The minimum Gasteiger partial charge on any atom is -0.390 e. The Hall–Kier alpha value is -1.32. The zero-order valence-electron chi connectivity index (χ0n) is 16.4. The van der Waals surface area contributed by atoms with Crippen LogP contribution in [0.5, 0.6) is 0 Å². The van der Waals surface area contributed by atoms with Crippen LogP contribution in [0.2, 0.25) is 0 Å². The van der Waals surface area contributed by atoms with Gasteiger partial charge in [-0.15, -0.1) is 0 Å². The molecule has 1 aliphatic heterocycles. The van der Waals surface area contributed by atoms with Gasteiger partial charge in [-0.05, 0) is 67.9 Å². The fourth-order valence-electron chi connectivity index (χ4n) is 5.43. The number of hydrogen-bond acceptors (Lipinski definition) is 2. The smallest absolute Gasteiger partial charge is 0.0833 e. The van der Waals surface area contributed by atoms with Gasteiger partial charge in [-0.2, -0.15) is 0 Å². The maximum Gasteiger partial charge on any atom is 0.0833 e. The Morgan fingerprint density at radius 1 is 0.962 bits per heavy atom. The minimum absolute atomic E-state index is 0.133. The molecular formula is C23H34N2O. The topological polar surface area (TPSA) is 28.4 Å². The van der Waals surface area contributed by atoms with Gasteiger partial charge < -0.3 is 14.6 Å². The molecule has 2 aliphatic rings. The van der Waals surface area contributed by atoms with E-state index in [1.807, 2.05) is 0 Å². The van der Waals surface area contributed by atoms with Crippen molar-refractivity contribution in [3.8, 4) is 0 Å². The third-order valence-corrected chi connectivity index (χ3v) is 7.05. The molecule has 1 aromatic heterocycles. The molecule has 0 bridgehead atoms. The quantitative estimate of drug-likeness (QED) is 0.838. The van der Waals surface area contributed by atoms with Crippen molar-refractivity contribution < 1.29 is 5.11 Å². The summed E-state index contributed by atoms with van der Waals surface area (Å²) in [7, 11) is 0. The molecule has 1 saturated carbocycles. The molecule has 1 aliphatic carbocycles. The lowest BCUT2D eigenvalue weighted by molar-refractivity contribution is 0.0882. The molecule has 2 aromatic rings. The SMILES string of the molecule is CC(C)[C@H]1CC[C@H](N2CCC(n3c(CO)cc4ccccc43)CC2)CC1. The fourth-order valence-corrected chi connectivity index (χ4v) is 5.43. The average Bonchev–Trinajstić information content (AvgIpc) is 3.07. The lowest BCUT2D eigenvalue weighted by Gasteiger charge is -2.42. The summed E-state index contributed by atoms with van der Waals surface area (Å²) >= 11 is 0. The highest BCUT2D eigenvalue weighted by Gasteiger charge is 2.31. The van der Waals surface area contributed by atoms with Crippen molar-refractivity contribution in [2.45, 2.75) is 71.1 Å². The highest BCUT2D eigenvalue weighted by Crippen LogP contribution is 2.36.